The zero-order chi connectivity index (χ0) is 13.8. The standard InChI is InChI=1S/C14H19N3O2/c1-3-5-12-13(18)16-10(2)14(19)17(12)9-11-6-4-7-15-8-11/h4,6-8,10,12H,3,5,9H2,1-2H3,(H,16,18). The van der Waals surface area contributed by atoms with Crippen molar-refractivity contribution in [3.63, 3.8) is 0 Å². The maximum Gasteiger partial charge on any atom is 0.245 e. The Bertz CT molecular complexity index is 461. The lowest BCUT2D eigenvalue weighted by molar-refractivity contribution is -0.149. The Morgan fingerprint density at radius 3 is 2.84 bits per heavy atom. The molecule has 0 saturated carbocycles. The molecule has 5 heteroatoms. The predicted octanol–water partition coefficient (Wildman–Crippen LogP) is 1.10. The second kappa shape index (κ2) is 5.82. The van der Waals surface area contributed by atoms with Crippen molar-refractivity contribution in [3.05, 3.63) is 30.1 Å². The summed E-state index contributed by atoms with van der Waals surface area (Å²) in [4.78, 5) is 30.0. The van der Waals surface area contributed by atoms with Crippen molar-refractivity contribution in [2.24, 2.45) is 0 Å². The van der Waals surface area contributed by atoms with E-state index in [-0.39, 0.29) is 17.9 Å². The molecular weight excluding hydrogens is 242 g/mol. The quantitative estimate of drug-likeness (QED) is 0.882. The predicted molar refractivity (Wildman–Crippen MR) is 71.1 cm³/mol. The number of amides is 2. The average molecular weight is 261 g/mol. The molecule has 1 aromatic rings. The molecule has 1 saturated heterocycles. The van der Waals surface area contributed by atoms with E-state index in [1.807, 2.05) is 19.1 Å². The van der Waals surface area contributed by atoms with Gasteiger partial charge in [-0.05, 0) is 25.0 Å². The van der Waals surface area contributed by atoms with Crippen LogP contribution in [0.2, 0.25) is 0 Å². The SMILES string of the molecule is CCCC1C(=O)NC(C)C(=O)N1Cc1cccnc1. The lowest BCUT2D eigenvalue weighted by Gasteiger charge is -2.37. The minimum Gasteiger partial charge on any atom is -0.343 e. The van der Waals surface area contributed by atoms with Crippen molar-refractivity contribution in [2.45, 2.75) is 45.3 Å². The lowest BCUT2D eigenvalue weighted by atomic mass is 10.0. The molecule has 102 valence electrons. The van der Waals surface area contributed by atoms with Gasteiger partial charge in [0.05, 0.1) is 0 Å². The summed E-state index contributed by atoms with van der Waals surface area (Å²) in [6, 6.07) is 2.94. The molecule has 0 bridgehead atoms. The van der Waals surface area contributed by atoms with Crippen LogP contribution < -0.4 is 5.32 Å². The second-order valence-electron chi connectivity index (χ2n) is 4.86. The zero-order valence-electron chi connectivity index (χ0n) is 11.3. The minimum absolute atomic E-state index is 0.0260. The first-order chi connectivity index (χ1) is 9.13. The summed E-state index contributed by atoms with van der Waals surface area (Å²) in [5, 5.41) is 2.73. The van der Waals surface area contributed by atoms with Crippen LogP contribution in [0.25, 0.3) is 0 Å². The summed E-state index contributed by atoms with van der Waals surface area (Å²) in [6.07, 6.45) is 4.97. The van der Waals surface area contributed by atoms with Gasteiger partial charge in [-0.3, -0.25) is 14.6 Å². The Hall–Kier alpha value is -1.91. The molecule has 0 radical (unpaired) electrons. The third-order valence-electron chi connectivity index (χ3n) is 3.33. The third-order valence-corrected chi connectivity index (χ3v) is 3.33. The molecular formula is C14H19N3O2. The van der Waals surface area contributed by atoms with Gasteiger partial charge in [-0.15, -0.1) is 0 Å². The van der Waals surface area contributed by atoms with Gasteiger partial charge >= 0.3 is 0 Å². The van der Waals surface area contributed by atoms with E-state index in [2.05, 4.69) is 10.3 Å². The van der Waals surface area contributed by atoms with E-state index >= 15 is 0 Å². The van der Waals surface area contributed by atoms with Crippen LogP contribution in [-0.4, -0.2) is 33.8 Å². The van der Waals surface area contributed by atoms with Gasteiger partial charge in [-0.25, -0.2) is 0 Å². The van der Waals surface area contributed by atoms with Gasteiger partial charge < -0.3 is 10.2 Å². The van der Waals surface area contributed by atoms with Gasteiger partial charge in [0, 0.05) is 18.9 Å². The summed E-state index contributed by atoms with van der Waals surface area (Å²) in [5.41, 5.74) is 0.943. The van der Waals surface area contributed by atoms with Crippen LogP contribution >= 0.6 is 0 Å². The molecule has 1 aromatic heterocycles. The number of nitrogens with one attached hydrogen (secondary N) is 1. The molecule has 1 N–H and O–H groups in total. The molecule has 2 rings (SSSR count). The molecule has 1 aliphatic rings. The van der Waals surface area contributed by atoms with Crippen LogP contribution in [-0.2, 0) is 16.1 Å². The van der Waals surface area contributed by atoms with Crippen molar-refractivity contribution in [3.8, 4) is 0 Å². The maximum absolute atomic E-state index is 12.3. The minimum atomic E-state index is -0.447. The molecule has 1 aliphatic heterocycles. The normalized spacial score (nSPS) is 23.4. The fourth-order valence-electron chi connectivity index (χ4n) is 2.35. The Labute approximate surface area is 113 Å². The van der Waals surface area contributed by atoms with Crippen LogP contribution in [0.3, 0.4) is 0 Å². The Kier molecular flexibility index (Phi) is 4.14. The van der Waals surface area contributed by atoms with Crippen molar-refractivity contribution in [1.82, 2.24) is 15.2 Å². The highest BCUT2D eigenvalue weighted by molar-refractivity contribution is 5.96. The summed E-state index contributed by atoms with van der Waals surface area (Å²) >= 11 is 0. The summed E-state index contributed by atoms with van der Waals surface area (Å²) < 4.78 is 0. The topological polar surface area (TPSA) is 62.3 Å². The molecule has 2 heterocycles. The van der Waals surface area contributed by atoms with Crippen molar-refractivity contribution >= 4 is 11.8 Å². The first kappa shape index (κ1) is 13.5. The number of rotatable bonds is 4. The first-order valence-electron chi connectivity index (χ1n) is 6.63. The average Bonchev–Trinajstić information content (AvgIpc) is 2.41. The van der Waals surface area contributed by atoms with E-state index in [9.17, 15) is 9.59 Å². The number of hydrogen-bond donors (Lipinski definition) is 1. The van der Waals surface area contributed by atoms with E-state index in [1.54, 1.807) is 24.2 Å². The molecule has 0 aliphatic carbocycles. The van der Waals surface area contributed by atoms with E-state index < -0.39 is 6.04 Å². The molecule has 1 fully saturated rings. The number of aromatic nitrogens is 1. The van der Waals surface area contributed by atoms with Gasteiger partial charge in [0.1, 0.15) is 12.1 Å². The van der Waals surface area contributed by atoms with Gasteiger partial charge in [-0.2, -0.15) is 0 Å². The Morgan fingerprint density at radius 2 is 2.21 bits per heavy atom. The Balaban J connectivity index is 2.21. The number of carbonyl (C=O) groups is 2. The molecule has 19 heavy (non-hydrogen) atoms. The number of piperazine rings is 1. The zero-order valence-corrected chi connectivity index (χ0v) is 11.3. The van der Waals surface area contributed by atoms with Crippen molar-refractivity contribution in [1.29, 1.82) is 0 Å². The highest BCUT2D eigenvalue weighted by Crippen LogP contribution is 2.17. The molecule has 0 aromatic carbocycles. The highest BCUT2D eigenvalue weighted by atomic mass is 16.2. The summed E-state index contributed by atoms with van der Waals surface area (Å²) in [5.74, 6) is -0.0836. The fraction of sp³-hybridized carbons (Fsp3) is 0.500. The maximum atomic E-state index is 12.3. The van der Waals surface area contributed by atoms with Crippen LogP contribution in [0.1, 0.15) is 32.3 Å². The smallest absolute Gasteiger partial charge is 0.245 e. The largest absolute Gasteiger partial charge is 0.343 e. The molecule has 2 unspecified atom stereocenters. The number of hydrogen-bond acceptors (Lipinski definition) is 3. The highest BCUT2D eigenvalue weighted by Gasteiger charge is 2.37. The van der Waals surface area contributed by atoms with Gasteiger partial charge in [-0.1, -0.05) is 19.4 Å². The van der Waals surface area contributed by atoms with E-state index in [4.69, 9.17) is 0 Å². The fourth-order valence-corrected chi connectivity index (χ4v) is 2.35. The number of carbonyl (C=O) groups excluding carboxylic acids is 2. The van der Waals surface area contributed by atoms with E-state index in [0.29, 0.717) is 13.0 Å². The third kappa shape index (κ3) is 2.92. The summed E-state index contributed by atoms with van der Waals surface area (Å²) in [6.45, 7) is 4.17. The van der Waals surface area contributed by atoms with Gasteiger partial charge in [0.2, 0.25) is 11.8 Å². The second-order valence-corrected chi connectivity index (χ2v) is 4.86. The van der Waals surface area contributed by atoms with Crippen molar-refractivity contribution in [2.75, 3.05) is 0 Å². The number of pyridine rings is 1. The van der Waals surface area contributed by atoms with E-state index in [1.165, 1.54) is 0 Å². The Morgan fingerprint density at radius 1 is 1.42 bits per heavy atom. The summed E-state index contributed by atoms with van der Waals surface area (Å²) in [7, 11) is 0. The van der Waals surface area contributed by atoms with E-state index in [0.717, 1.165) is 12.0 Å². The molecule has 0 spiro atoms. The van der Waals surface area contributed by atoms with Crippen LogP contribution in [0.15, 0.2) is 24.5 Å². The van der Waals surface area contributed by atoms with Crippen LogP contribution in [0.5, 0.6) is 0 Å². The molecule has 2 atom stereocenters. The molecule has 5 nitrogen and oxygen atoms in total. The van der Waals surface area contributed by atoms with Gasteiger partial charge in [0.15, 0.2) is 0 Å². The van der Waals surface area contributed by atoms with Crippen LogP contribution in [0.4, 0.5) is 0 Å². The first-order valence-corrected chi connectivity index (χ1v) is 6.63. The van der Waals surface area contributed by atoms with Crippen molar-refractivity contribution < 1.29 is 9.59 Å². The van der Waals surface area contributed by atoms with Gasteiger partial charge in [0.25, 0.3) is 0 Å². The monoisotopic (exact) mass is 261 g/mol. The van der Waals surface area contributed by atoms with Crippen LogP contribution in [0, 0.1) is 0 Å². The molecule has 2 amide bonds. The number of nitrogens with zero attached hydrogens (tertiary/aromatic N) is 2. The lowest BCUT2D eigenvalue weighted by Crippen LogP contribution is -2.61.